The molecule has 1 heterocycles. The van der Waals surface area contributed by atoms with Crippen LogP contribution in [0.15, 0.2) is 18.2 Å². The van der Waals surface area contributed by atoms with Crippen LogP contribution in [0, 0.1) is 27.4 Å². The maximum absolute atomic E-state index is 10.9. The van der Waals surface area contributed by atoms with E-state index in [4.69, 9.17) is 5.26 Å². The van der Waals surface area contributed by atoms with Gasteiger partial charge in [-0.1, -0.05) is 6.92 Å². The molecule has 0 amide bonds. The van der Waals surface area contributed by atoms with Crippen molar-refractivity contribution in [1.29, 1.82) is 5.26 Å². The third kappa shape index (κ3) is 2.43. The highest BCUT2D eigenvalue weighted by molar-refractivity contribution is 5.60. The molecule has 5 nitrogen and oxygen atoms in total. The van der Waals surface area contributed by atoms with E-state index in [1.54, 1.807) is 6.07 Å². The molecule has 0 saturated carbocycles. The Morgan fingerprint density at radius 3 is 2.94 bits per heavy atom. The second kappa shape index (κ2) is 5.05. The Balaban J connectivity index is 2.32. The molecule has 0 spiro atoms. The van der Waals surface area contributed by atoms with E-state index in [-0.39, 0.29) is 11.3 Å². The van der Waals surface area contributed by atoms with Crippen LogP contribution in [0.5, 0.6) is 0 Å². The van der Waals surface area contributed by atoms with E-state index in [9.17, 15) is 10.1 Å². The van der Waals surface area contributed by atoms with Crippen LogP contribution in [0.2, 0.25) is 0 Å². The first-order chi connectivity index (χ1) is 8.61. The monoisotopic (exact) mass is 245 g/mol. The Morgan fingerprint density at radius 2 is 2.33 bits per heavy atom. The van der Waals surface area contributed by atoms with Crippen molar-refractivity contribution in [2.24, 2.45) is 5.92 Å². The summed E-state index contributed by atoms with van der Waals surface area (Å²) in [5.41, 5.74) is 0.856. The van der Waals surface area contributed by atoms with Gasteiger partial charge >= 0.3 is 0 Å². The van der Waals surface area contributed by atoms with Gasteiger partial charge in [-0.2, -0.15) is 5.26 Å². The minimum absolute atomic E-state index is 0.103. The fourth-order valence-corrected chi connectivity index (χ4v) is 2.39. The topological polar surface area (TPSA) is 70.2 Å². The maximum atomic E-state index is 10.9. The number of hydrogen-bond acceptors (Lipinski definition) is 4. The number of benzene rings is 1. The van der Waals surface area contributed by atoms with Crippen LogP contribution in [-0.2, 0) is 0 Å². The average molecular weight is 245 g/mol. The fourth-order valence-electron chi connectivity index (χ4n) is 2.39. The Kier molecular flexibility index (Phi) is 3.47. The van der Waals surface area contributed by atoms with Crippen LogP contribution in [0.3, 0.4) is 0 Å². The third-order valence-electron chi connectivity index (χ3n) is 3.32. The SMILES string of the molecule is CC1CCCN(c2ccc(C#N)c([N+](=O)[O-])c2)C1. The van der Waals surface area contributed by atoms with Gasteiger partial charge in [-0.3, -0.25) is 10.1 Å². The summed E-state index contributed by atoms with van der Waals surface area (Å²) in [6, 6.07) is 6.70. The molecule has 2 rings (SSSR count). The molecule has 1 unspecified atom stereocenters. The van der Waals surface area contributed by atoms with Crippen molar-refractivity contribution in [2.75, 3.05) is 18.0 Å². The number of anilines is 1. The normalized spacial score (nSPS) is 19.3. The molecule has 1 aromatic carbocycles. The number of nitro groups is 1. The first-order valence-corrected chi connectivity index (χ1v) is 6.05. The molecule has 0 bridgehead atoms. The van der Waals surface area contributed by atoms with Crippen molar-refractivity contribution in [3.63, 3.8) is 0 Å². The predicted molar refractivity (Wildman–Crippen MR) is 68.4 cm³/mol. The maximum Gasteiger partial charge on any atom is 0.289 e. The summed E-state index contributed by atoms with van der Waals surface area (Å²) < 4.78 is 0. The second-order valence-electron chi connectivity index (χ2n) is 4.76. The molecule has 1 fully saturated rings. The largest absolute Gasteiger partial charge is 0.371 e. The van der Waals surface area contributed by atoms with Crippen LogP contribution < -0.4 is 4.90 Å². The average Bonchev–Trinajstić information content (AvgIpc) is 2.38. The van der Waals surface area contributed by atoms with Crippen molar-refractivity contribution in [3.05, 3.63) is 33.9 Å². The van der Waals surface area contributed by atoms with E-state index in [1.807, 2.05) is 6.07 Å². The standard InChI is InChI=1S/C13H15N3O2/c1-10-3-2-6-15(9-10)12-5-4-11(8-14)13(7-12)16(17)18/h4-5,7,10H,2-3,6,9H2,1H3. The molecule has 1 saturated heterocycles. The van der Waals surface area contributed by atoms with Gasteiger partial charge in [-0.05, 0) is 30.9 Å². The van der Waals surface area contributed by atoms with Crippen LogP contribution >= 0.6 is 0 Å². The van der Waals surface area contributed by atoms with E-state index >= 15 is 0 Å². The van der Waals surface area contributed by atoms with E-state index in [0.717, 1.165) is 25.2 Å². The smallest absolute Gasteiger partial charge is 0.289 e. The molecule has 1 aliphatic rings. The van der Waals surface area contributed by atoms with Crippen molar-refractivity contribution in [1.82, 2.24) is 0 Å². The van der Waals surface area contributed by atoms with E-state index in [2.05, 4.69) is 11.8 Å². The first-order valence-electron chi connectivity index (χ1n) is 6.05. The van der Waals surface area contributed by atoms with E-state index in [0.29, 0.717) is 5.92 Å². The predicted octanol–water partition coefficient (Wildman–Crippen LogP) is 2.70. The van der Waals surface area contributed by atoms with E-state index in [1.165, 1.54) is 18.6 Å². The zero-order valence-corrected chi connectivity index (χ0v) is 10.3. The van der Waals surface area contributed by atoms with Crippen molar-refractivity contribution in [2.45, 2.75) is 19.8 Å². The third-order valence-corrected chi connectivity index (χ3v) is 3.32. The molecule has 94 valence electrons. The van der Waals surface area contributed by atoms with Gasteiger partial charge in [-0.25, -0.2) is 0 Å². The summed E-state index contributed by atoms with van der Waals surface area (Å²) in [5.74, 6) is 0.605. The first kappa shape index (κ1) is 12.4. The number of nitriles is 1. The Labute approximate surface area is 106 Å². The molecule has 0 aromatic heterocycles. The van der Waals surface area contributed by atoms with Crippen molar-refractivity contribution < 1.29 is 4.92 Å². The second-order valence-corrected chi connectivity index (χ2v) is 4.76. The summed E-state index contributed by atoms with van der Waals surface area (Å²) in [7, 11) is 0. The van der Waals surface area contributed by atoms with Gasteiger partial charge in [0.15, 0.2) is 0 Å². The van der Waals surface area contributed by atoms with Gasteiger partial charge in [0.2, 0.25) is 0 Å². The summed E-state index contributed by atoms with van der Waals surface area (Å²) in [6.07, 6.45) is 2.31. The molecule has 5 heteroatoms. The van der Waals surface area contributed by atoms with Gasteiger partial charge in [0, 0.05) is 24.8 Å². The lowest BCUT2D eigenvalue weighted by molar-refractivity contribution is -0.385. The highest BCUT2D eigenvalue weighted by Crippen LogP contribution is 2.28. The van der Waals surface area contributed by atoms with Gasteiger partial charge in [0.1, 0.15) is 11.6 Å². The number of nitrogens with zero attached hydrogens (tertiary/aromatic N) is 3. The van der Waals surface area contributed by atoms with Crippen LogP contribution in [-0.4, -0.2) is 18.0 Å². The summed E-state index contributed by atoms with van der Waals surface area (Å²) in [5, 5.41) is 19.8. The summed E-state index contributed by atoms with van der Waals surface area (Å²) >= 11 is 0. The summed E-state index contributed by atoms with van der Waals surface area (Å²) in [4.78, 5) is 12.6. The Morgan fingerprint density at radius 1 is 1.56 bits per heavy atom. The van der Waals surface area contributed by atoms with Crippen LogP contribution in [0.25, 0.3) is 0 Å². The van der Waals surface area contributed by atoms with E-state index < -0.39 is 4.92 Å². The van der Waals surface area contributed by atoms with Gasteiger partial charge in [-0.15, -0.1) is 0 Å². The number of rotatable bonds is 2. The molecular formula is C13H15N3O2. The molecule has 1 atom stereocenters. The van der Waals surface area contributed by atoms with Crippen LogP contribution in [0.1, 0.15) is 25.3 Å². The minimum Gasteiger partial charge on any atom is -0.371 e. The Hall–Kier alpha value is -2.09. The minimum atomic E-state index is -0.491. The van der Waals surface area contributed by atoms with Gasteiger partial charge in [0.25, 0.3) is 5.69 Å². The molecule has 1 aromatic rings. The number of piperidine rings is 1. The lowest BCUT2D eigenvalue weighted by atomic mass is 9.99. The highest BCUT2D eigenvalue weighted by atomic mass is 16.6. The van der Waals surface area contributed by atoms with Crippen LogP contribution in [0.4, 0.5) is 11.4 Å². The quantitative estimate of drug-likeness (QED) is 0.593. The zero-order chi connectivity index (χ0) is 13.1. The molecule has 1 aliphatic heterocycles. The zero-order valence-electron chi connectivity index (χ0n) is 10.3. The summed E-state index contributed by atoms with van der Waals surface area (Å²) in [6.45, 7) is 4.03. The molecule has 0 N–H and O–H groups in total. The lowest BCUT2D eigenvalue weighted by Crippen LogP contribution is -2.34. The highest BCUT2D eigenvalue weighted by Gasteiger charge is 2.20. The van der Waals surface area contributed by atoms with Crippen molar-refractivity contribution in [3.8, 4) is 6.07 Å². The van der Waals surface area contributed by atoms with Gasteiger partial charge in [0.05, 0.1) is 4.92 Å². The fraction of sp³-hybridized carbons (Fsp3) is 0.462. The number of nitro benzene ring substituents is 1. The lowest BCUT2D eigenvalue weighted by Gasteiger charge is -2.32. The van der Waals surface area contributed by atoms with Crippen molar-refractivity contribution >= 4 is 11.4 Å². The Bertz CT molecular complexity index is 507. The molecular weight excluding hydrogens is 230 g/mol. The molecule has 0 radical (unpaired) electrons. The number of hydrogen-bond donors (Lipinski definition) is 0. The molecule has 0 aliphatic carbocycles. The van der Waals surface area contributed by atoms with Gasteiger partial charge < -0.3 is 4.90 Å². The molecule has 18 heavy (non-hydrogen) atoms.